The fraction of sp³-hybridized carbons (Fsp3) is 0. The lowest BCUT2D eigenvalue weighted by Crippen LogP contribution is -1.94. The van der Waals surface area contributed by atoms with Crippen LogP contribution in [0.15, 0.2) is 64.0 Å². The van der Waals surface area contributed by atoms with Gasteiger partial charge < -0.3 is 0 Å². The fourth-order valence-electron chi connectivity index (χ4n) is 1.55. The van der Waals surface area contributed by atoms with E-state index in [1.54, 1.807) is 12.1 Å². The van der Waals surface area contributed by atoms with Crippen LogP contribution in [0.1, 0.15) is 0 Å². The first-order valence-electron chi connectivity index (χ1n) is 5.10. The van der Waals surface area contributed by atoms with Crippen molar-refractivity contribution in [2.24, 2.45) is 4.52 Å². The molecule has 0 unspecified atom stereocenters. The van der Waals surface area contributed by atoms with Crippen LogP contribution in [0.3, 0.4) is 0 Å². The van der Waals surface area contributed by atoms with E-state index >= 15 is 0 Å². The monoisotopic (exact) mass is 259 g/mol. The van der Waals surface area contributed by atoms with Crippen LogP contribution < -0.4 is 0 Å². The van der Waals surface area contributed by atoms with E-state index < -0.39 is 10.0 Å². The van der Waals surface area contributed by atoms with Crippen molar-refractivity contribution in [3.63, 3.8) is 0 Å². The van der Waals surface area contributed by atoms with Crippen LogP contribution in [-0.4, -0.2) is 8.42 Å². The van der Waals surface area contributed by atoms with Crippen LogP contribution in [0.4, 0.5) is 0 Å². The maximum atomic E-state index is 11.5. The smallest absolute Gasteiger partial charge is 0.216 e. The van der Waals surface area contributed by atoms with Gasteiger partial charge in [0.05, 0.1) is 4.90 Å². The van der Waals surface area contributed by atoms with Gasteiger partial charge in [0.2, 0.25) is 0 Å². The Bertz CT molecular complexity index is 688. The van der Waals surface area contributed by atoms with Gasteiger partial charge in [0.25, 0.3) is 10.0 Å². The summed E-state index contributed by atoms with van der Waals surface area (Å²) in [6.07, 6.45) is 0. The predicted octanol–water partition coefficient (Wildman–Crippen LogP) is 3.35. The molecule has 6 heteroatoms. The second-order valence-electron chi connectivity index (χ2n) is 3.54. The molecule has 2 aromatic carbocycles. The molecule has 5 nitrogen and oxygen atoms in total. The molecule has 0 atom stereocenters. The molecule has 0 aliphatic heterocycles. The molecular weight excluding hydrogens is 250 g/mol. The molecule has 0 aromatic heterocycles. The lowest BCUT2D eigenvalue weighted by molar-refractivity contribution is 0.597. The van der Waals surface area contributed by atoms with E-state index in [2.05, 4.69) is 9.43 Å². The van der Waals surface area contributed by atoms with Crippen molar-refractivity contribution in [2.75, 3.05) is 0 Å². The Morgan fingerprint density at radius 1 is 0.889 bits per heavy atom. The summed E-state index contributed by atoms with van der Waals surface area (Å²) in [5.41, 5.74) is 10.1. The van der Waals surface area contributed by atoms with Gasteiger partial charge in [0.15, 0.2) is 0 Å². The summed E-state index contributed by atoms with van der Waals surface area (Å²) >= 11 is 0. The summed E-state index contributed by atoms with van der Waals surface area (Å²) in [7, 11) is -3.90. The van der Waals surface area contributed by atoms with Crippen molar-refractivity contribution in [3.05, 3.63) is 65.0 Å². The standard InChI is InChI=1S/C12H9N3O2S/c13-14-15-18(16,17)12-8-6-11(7-9-12)10-4-2-1-3-5-10/h1-9H. The quantitative estimate of drug-likeness (QED) is 0.481. The highest BCUT2D eigenvalue weighted by Crippen LogP contribution is 2.21. The molecule has 0 bridgehead atoms. The van der Waals surface area contributed by atoms with Gasteiger partial charge in [0.1, 0.15) is 0 Å². The molecule has 2 rings (SSSR count). The Balaban J connectivity index is 2.41. The third-order valence-electron chi connectivity index (χ3n) is 2.40. The lowest BCUT2D eigenvalue weighted by Gasteiger charge is -2.02. The summed E-state index contributed by atoms with van der Waals surface area (Å²) in [6, 6.07) is 15.8. The zero-order chi connectivity index (χ0) is 13.0. The Morgan fingerprint density at radius 3 is 2.00 bits per heavy atom. The minimum absolute atomic E-state index is 0.0139. The predicted molar refractivity (Wildman–Crippen MR) is 68.2 cm³/mol. The van der Waals surface area contributed by atoms with E-state index in [-0.39, 0.29) is 4.90 Å². The molecule has 18 heavy (non-hydrogen) atoms. The second-order valence-corrected chi connectivity index (χ2v) is 5.12. The third-order valence-corrected chi connectivity index (χ3v) is 3.56. The van der Waals surface area contributed by atoms with Crippen LogP contribution in [-0.2, 0) is 10.0 Å². The van der Waals surface area contributed by atoms with Gasteiger partial charge >= 0.3 is 0 Å². The van der Waals surface area contributed by atoms with E-state index in [0.29, 0.717) is 0 Å². The number of rotatable bonds is 3. The van der Waals surface area contributed by atoms with Gasteiger partial charge in [-0.15, -0.1) is 0 Å². The maximum Gasteiger partial charge on any atom is 0.264 e. The van der Waals surface area contributed by atoms with Crippen molar-refractivity contribution < 1.29 is 8.42 Å². The highest BCUT2D eigenvalue weighted by Gasteiger charge is 2.11. The molecule has 0 spiro atoms. The van der Waals surface area contributed by atoms with E-state index in [1.807, 2.05) is 30.3 Å². The topological polar surface area (TPSA) is 82.9 Å². The van der Waals surface area contributed by atoms with E-state index in [4.69, 9.17) is 5.53 Å². The molecule has 0 saturated heterocycles. The third kappa shape index (κ3) is 2.51. The van der Waals surface area contributed by atoms with Crippen molar-refractivity contribution >= 4 is 10.0 Å². The van der Waals surface area contributed by atoms with E-state index in [0.717, 1.165) is 11.1 Å². The second kappa shape index (κ2) is 4.91. The van der Waals surface area contributed by atoms with Gasteiger partial charge in [-0.05, 0) is 28.8 Å². The molecule has 0 amide bonds. The van der Waals surface area contributed by atoms with Crippen LogP contribution in [0, 0.1) is 0 Å². The molecule has 0 heterocycles. The number of hydrogen-bond donors (Lipinski definition) is 0. The number of azide groups is 1. The van der Waals surface area contributed by atoms with Gasteiger partial charge in [-0.3, -0.25) is 0 Å². The molecule has 0 aliphatic carbocycles. The molecule has 90 valence electrons. The number of hydrogen-bond acceptors (Lipinski definition) is 2. The Morgan fingerprint density at radius 2 is 1.44 bits per heavy atom. The highest BCUT2D eigenvalue weighted by atomic mass is 32.2. The van der Waals surface area contributed by atoms with Gasteiger partial charge in [-0.2, -0.15) is 0 Å². The minimum atomic E-state index is -3.90. The van der Waals surface area contributed by atoms with E-state index in [1.165, 1.54) is 12.1 Å². The van der Waals surface area contributed by atoms with Gasteiger partial charge in [-0.25, -0.2) is 8.42 Å². The van der Waals surface area contributed by atoms with Crippen molar-refractivity contribution in [1.29, 1.82) is 0 Å². The van der Waals surface area contributed by atoms with Crippen molar-refractivity contribution in [2.45, 2.75) is 4.90 Å². The first-order valence-corrected chi connectivity index (χ1v) is 6.54. The summed E-state index contributed by atoms with van der Waals surface area (Å²) in [4.78, 5) is 2.29. The van der Waals surface area contributed by atoms with Crippen LogP contribution in [0.25, 0.3) is 21.6 Å². The lowest BCUT2D eigenvalue weighted by atomic mass is 10.1. The normalized spacial score (nSPS) is 10.7. The summed E-state index contributed by atoms with van der Waals surface area (Å²) in [5.74, 6) is 0. The summed E-state index contributed by atoms with van der Waals surface area (Å²) < 4.78 is 25.7. The molecule has 0 saturated carbocycles. The molecule has 0 radical (unpaired) electrons. The molecule has 0 fully saturated rings. The molecule has 0 aliphatic rings. The number of sulfonamides is 1. The van der Waals surface area contributed by atoms with E-state index in [9.17, 15) is 8.42 Å². The average molecular weight is 259 g/mol. The first kappa shape index (κ1) is 12.2. The molecule has 0 N–H and O–H groups in total. The first-order chi connectivity index (χ1) is 8.63. The Labute approximate surface area is 104 Å². The molecule has 2 aromatic rings. The minimum Gasteiger partial charge on any atom is -0.216 e. The number of nitrogens with zero attached hydrogens (tertiary/aromatic N) is 3. The van der Waals surface area contributed by atoms with Crippen LogP contribution in [0.5, 0.6) is 0 Å². The highest BCUT2D eigenvalue weighted by molar-refractivity contribution is 7.90. The van der Waals surface area contributed by atoms with Gasteiger partial charge in [0, 0.05) is 9.43 Å². The summed E-state index contributed by atoms with van der Waals surface area (Å²) in [6.45, 7) is 0. The largest absolute Gasteiger partial charge is 0.264 e. The SMILES string of the molecule is [N-]=[N+]=NS(=O)(=O)c1ccc(-c2ccccc2)cc1. The molecular formula is C12H9N3O2S. The van der Waals surface area contributed by atoms with Crippen LogP contribution in [0.2, 0.25) is 0 Å². The maximum absolute atomic E-state index is 11.5. The van der Waals surface area contributed by atoms with Crippen molar-refractivity contribution in [3.8, 4) is 11.1 Å². The van der Waals surface area contributed by atoms with Crippen molar-refractivity contribution in [1.82, 2.24) is 0 Å². The zero-order valence-electron chi connectivity index (χ0n) is 9.26. The summed E-state index contributed by atoms with van der Waals surface area (Å²) in [5, 5.41) is 0. The number of benzene rings is 2. The Hall–Kier alpha value is -2.30. The zero-order valence-corrected chi connectivity index (χ0v) is 10.1. The van der Waals surface area contributed by atoms with Crippen LogP contribution >= 0.6 is 0 Å². The van der Waals surface area contributed by atoms with Gasteiger partial charge in [-0.1, -0.05) is 42.5 Å². The Kier molecular flexibility index (Phi) is 3.32. The fourth-order valence-corrected chi connectivity index (χ4v) is 2.22. The average Bonchev–Trinajstić information content (AvgIpc) is 2.40.